The Labute approximate surface area is 323 Å². The number of carbonyl (C=O) groups excluding carboxylic acids is 2. The molecule has 0 amide bonds. The maximum absolute atomic E-state index is 12.5. The zero-order valence-electron chi connectivity index (χ0n) is 32.4. The number of allylic oxidation sites excluding steroid dienone is 2. The summed E-state index contributed by atoms with van der Waals surface area (Å²) < 4.78 is 32.2. The summed E-state index contributed by atoms with van der Waals surface area (Å²) in [7, 11) is -4.52. The molecule has 10 heteroatoms. The van der Waals surface area contributed by atoms with Gasteiger partial charge in [-0.05, 0) is 45.4 Å². The number of phosphoric ester groups is 1. The Balaban J connectivity index is 0. The molecule has 0 fully saturated rings. The van der Waals surface area contributed by atoms with Crippen molar-refractivity contribution in [3.05, 3.63) is 12.2 Å². The van der Waals surface area contributed by atoms with Gasteiger partial charge in [0.2, 0.25) is 0 Å². The average Bonchev–Trinajstić information content (AvgIpc) is 3.06. The van der Waals surface area contributed by atoms with E-state index in [2.05, 4.69) is 30.5 Å². The van der Waals surface area contributed by atoms with Crippen LogP contribution in [0, 0.1) is 0 Å². The van der Waals surface area contributed by atoms with Crippen molar-refractivity contribution in [2.45, 2.75) is 207 Å². The van der Waals surface area contributed by atoms with E-state index in [1.807, 2.05) is 0 Å². The van der Waals surface area contributed by atoms with Gasteiger partial charge in [0.15, 0.2) is 6.10 Å². The van der Waals surface area contributed by atoms with E-state index in [9.17, 15) is 19.0 Å². The minimum Gasteiger partial charge on any atom is -0.756 e. The van der Waals surface area contributed by atoms with Crippen LogP contribution < -0.4 is 34.5 Å². The molecule has 49 heavy (non-hydrogen) atoms. The minimum atomic E-state index is -4.52. The van der Waals surface area contributed by atoms with Gasteiger partial charge in [-0.2, -0.15) is 0 Å². The molecular weight excluding hydrogens is 666 g/mol. The predicted octanol–water partition coefficient (Wildman–Crippen LogP) is 8.49. The van der Waals surface area contributed by atoms with E-state index in [1.165, 1.54) is 116 Å². The SMILES string of the molecule is CCCCCCCC/C=C\CCCCCCCC(=O)O[C@H](CO[13C](=O)[13CH2][13CH2][13CH2][13CH2][13CH2][13CH2][13CH2][13CH2][13CH2][13CH2][13CH2][13CH2][13CH2][13CH2][13CH3])COP(=O)([O-])OCC.[Na+]. The van der Waals surface area contributed by atoms with Crippen molar-refractivity contribution in [1.29, 1.82) is 0 Å². The van der Waals surface area contributed by atoms with Gasteiger partial charge >= 0.3 is 41.5 Å². The second-order valence-electron chi connectivity index (χ2n) is 13.3. The molecule has 284 valence electrons. The number of unbranched alkanes of at least 4 members (excludes halogenated alkanes) is 23. The monoisotopic (exact) mass is 741 g/mol. The first kappa shape index (κ1) is 50.9. The van der Waals surface area contributed by atoms with Gasteiger partial charge in [0, 0.05) is 12.8 Å². The summed E-state index contributed by atoms with van der Waals surface area (Å²) in [6.45, 7) is 5.27. The Morgan fingerprint density at radius 3 is 1.37 bits per heavy atom. The van der Waals surface area contributed by atoms with Gasteiger partial charge in [0.1, 0.15) is 6.61 Å². The molecule has 8 nitrogen and oxygen atoms in total. The van der Waals surface area contributed by atoms with Crippen LogP contribution in [0.5, 0.6) is 0 Å². The van der Waals surface area contributed by atoms with E-state index in [-0.39, 0.29) is 61.6 Å². The maximum atomic E-state index is 12.5. The maximum Gasteiger partial charge on any atom is 1.00 e. The molecule has 0 radical (unpaired) electrons. The summed E-state index contributed by atoms with van der Waals surface area (Å²) >= 11 is 0. The molecule has 0 aliphatic heterocycles. The van der Waals surface area contributed by atoms with Crippen LogP contribution in [-0.2, 0) is 32.7 Å². The van der Waals surface area contributed by atoms with Crippen LogP contribution in [-0.4, -0.2) is 37.9 Å². The van der Waals surface area contributed by atoms with Crippen LogP contribution in [0.25, 0.3) is 0 Å². The molecular formula is C39H74NaO8P. The van der Waals surface area contributed by atoms with E-state index in [0.717, 1.165) is 51.4 Å². The normalized spacial score (nSPS) is 13.2. The summed E-state index contributed by atoms with van der Waals surface area (Å²) in [5.74, 6) is -0.836. The van der Waals surface area contributed by atoms with Gasteiger partial charge in [-0.15, -0.1) is 0 Å². The van der Waals surface area contributed by atoms with Gasteiger partial charge < -0.3 is 23.4 Å². The molecule has 0 aliphatic carbocycles. The quantitative estimate of drug-likeness (QED) is 0.0156. The third-order valence-electron chi connectivity index (χ3n) is 8.56. The Hall–Kier alpha value is -0.210. The van der Waals surface area contributed by atoms with Crippen molar-refractivity contribution < 1.29 is 67.1 Å². The first-order chi connectivity index (χ1) is 23.3. The number of phosphoric acid groups is 1. The Morgan fingerprint density at radius 1 is 0.551 bits per heavy atom. The van der Waals surface area contributed by atoms with Gasteiger partial charge in [-0.25, -0.2) is 0 Å². The van der Waals surface area contributed by atoms with Crippen molar-refractivity contribution in [3.63, 3.8) is 0 Å². The summed E-state index contributed by atoms with van der Waals surface area (Å²) in [5.41, 5.74) is 0. The van der Waals surface area contributed by atoms with E-state index in [0.29, 0.717) is 6.42 Å². The van der Waals surface area contributed by atoms with E-state index < -0.39 is 26.5 Å². The second kappa shape index (κ2) is 39.0. The Morgan fingerprint density at radius 2 is 0.939 bits per heavy atom. The van der Waals surface area contributed by atoms with Crippen LogP contribution in [0.15, 0.2) is 12.2 Å². The summed E-state index contributed by atoms with van der Waals surface area (Å²) in [6, 6.07) is 0. The summed E-state index contributed by atoms with van der Waals surface area (Å²) in [5, 5.41) is 0. The Bertz CT molecular complexity index is 810. The number of rotatable bonds is 37. The molecule has 0 aromatic heterocycles. The molecule has 0 heterocycles. The minimum absolute atomic E-state index is 0. The van der Waals surface area contributed by atoms with Crippen molar-refractivity contribution >= 4 is 19.8 Å². The average molecular weight is 741 g/mol. The number of hydrogen-bond donors (Lipinski definition) is 0. The molecule has 2 atom stereocenters. The van der Waals surface area contributed by atoms with Gasteiger partial charge in [-0.3, -0.25) is 14.2 Å². The van der Waals surface area contributed by atoms with Gasteiger partial charge in [0.05, 0.1) is 13.2 Å². The molecule has 0 saturated heterocycles. The van der Waals surface area contributed by atoms with Crippen LogP contribution in [0.1, 0.15) is 201 Å². The van der Waals surface area contributed by atoms with E-state index >= 15 is 0 Å². The van der Waals surface area contributed by atoms with Crippen molar-refractivity contribution in [1.82, 2.24) is 0 Å². The van der Waals surface area contributed by atoms with Crippen LogP contribution >= 0.6 is 7.82 Å². The van der Waals surface area contributed by atoms with Gasteiger partial charge in [0.25, 0.3) is 7.82 Å². The summed E-state index contributed by atoms with van der Waals surface area (Å²) in [4.78, 5) is 36.7. The topological polar surface area (TPSA) is 111 Å². The fraction of sp³-hybridized carbons (Fsp3) is 0.897. The summed E-state index contributed by atoms with van der Waals surface area (Å²) in [6.07, 6.45) is 35.2. The Kier molecular flexibility index (Phi) is 40.5. The third-order valence-corrected chi connectivity index (χ3v) is 9.60. The second-order valence-corrected chi connectivity index (χ2v) is 14.7. The largest absolute Gasteiger partial charge is 1.00 e. The molecule has 0 aliphatic rings. The van der Waals surface area contributed by atoms with Crippen molar-refractivity contribution in [2.75, 3.05) is 19.8 Å². The van der Waals surface area contributed by atoms with Crippen molar-refractivity contribution in [3.8, 4) is 0 Å². The zero-order chi connectivity index (χ0) is 35.4. The van der Waals surface area contributed by atoms with Crippen LogP contribution in [0.2, 0.25) is 0 Å². The molecule has 1 unspecified atom stereocenters. The molecule has 0 aromatic carbocycles. The predicted molar refractivity (Wildman–Crippen MR) is 196 cm³/mol. The van der Waals surface area contributed by atoms with Crippen LogP contribution in [0.4, 0.5) is 0 Å². The molecule has 0 spiro atoms. The third kappa shape index (κ3) is 38.8. The first-order valence-corrected chi connectivity index (χ1v) is 21.4. The smallest absolute Gasteiger partial charge is 0.756 e. The molecule has 0 bridgehead atoms. The fourth-order valence-corrected chi connectivity index (χ4v) is 6.36. The molecule has 0 saturated carbocycles. The number of esters is 2. The molecule has 0 N–H and O–H groups in total. The number of carbonyl (C=O) groups is 2. The van der Waals surface area contributed by atoms with E-state index in [1.54, 1.807) is 0 Å². The number of hydrogen-bond acceptors (Lipinski definition) is 8. The van der Waals surface area contributed by atoms with Crippen molar-refractivity contribution in [2.24, 2.45) is 0 Å². The zero-order valence-corrected chi connectivity index (χ0v) is 35.3. The standard InChI is InChI=1S/C39H75O8P.Na/c1-4-7-9-11-13-15-17-19-20-22-24-26-28-30-32-34-39(41)47-37(36-46-48(42,43)45-6-3)35-44-38(40)33-31-29-27-25-23-21-18-16-14-12-10-8-5-2;/h19-20,37H,4-18,21-36H2,1-3H3,(H,42,43);/q;+1/p-1/b20-19-;/t37-;/m1./s1/i2+1,5+1,8+1,10+1,12+1,14+1,16+1,18+1,21+1,23+1,25+1,27+1,29+1,31+1,33+1,38+1;. The van der Waals surface area contributed by atoms with E-state index in [4.69, 9.17) is 14.0 Å². The molecule has 0 rings (SSSR count). The molecule has 0 aromatic rings. The fourth-order valence-electron chi connectivity index (χ4n) is 5.62. The van der Waals surface area contributed by atoms with Crippen LogP contribution in [0.3, 0.4) is 0 Å². The first-order valence-electron chi connectivity index (χ1n) is 19.9. The van der Waals surface area contributed by atoms with Gasteiger partial charge in [-0.1, -0.05) is 154 Å². The number of ether oxygens (including phenoxy) is 2.